The van der Waals surface area contributed by atoms with Gasteiger partial charge in [0.15, 0.2) is 0 Å². The van der Waals surface area contributed by atoms with Gasteiger partial charge < -0.3 is 9.73 Å². The van der Waals surface area contributed by atoms with Gasteiger partial charge in [-0.05, 0) is 50.8 Å². The van der Waals surface area contributed by atoms with Crippen LogP contribution in [0.3, 0.4) is 0 Å². The van der Waals surface area contributed by atoms with Crippen LogP contribution < -0.4 is 5.32 Å². The normalized spacial score (nSPS) is 21.7. The highest BCUT2D eigenvalue weighted by atomic mass is 16.4. The molecule has 0 spiro atoms. The quantitative estimate of drug-likeness (QED) is 0.884. The average molecular weight is 313 g/mol. The molecule has 1 aliphatic heterocycles. The van der Waals surface area contributed by atoms with Gasteiger partial charge in [-0.3, -0.25) is 4.90 Å². The molecule has 0 bridgehead atoms. The second-order valence-electron chi connectivity index (χ2n) is 6.74. The SMILES string of the molecule is Cc1cccc(NC[C@@H]2CCN(Cc3nnc(C4CC4)o3)C2)n1. The molecule has 0 unspecified atom stereocenters. The second kappa shape index (κ2) is 6.28. The van der Waals surface area contributed by atoms with Gasteiger partial charge >= 0.3 is 0 Å². The molecule has 2 aromatic rings. The van der Waals surface area contributed by atoms with Crippen molar-refractivity contribution in [3.05, 3.63) is 35.7 Å². The first-order valence-corrected chi connectivity index (χ1v) is 8.48. The van der Waals surface area contributed by atoms with Crippen LogP contribution in [0.1, 0.15) is 42.7 Å². The standard InChI is InChI=1S/C17H23N5O/c1-12-3-2-4-15(19-12)18-9-13-7-8-22(10-13)11-16-20-21-17(23-16)14-5-6-14/h2-4,13-14H,5-11H2,1H3,(H,18,19)/t13-/m0/s1. The van der Waals surface area contributed by atoms with Crippen LogP contribution >= 0.6 is 0 Å². The highest BCUT2D eigenvalue weighted by Crippen LogP contribution is 2.39. The fourth-order valence-electron chi connectivity index (χ4n) is 3.13. The van der Waals surface area contributed by atoms with E-state index in [1.165, 1.54) is 19.3 Å². The van der Waals surface area contributed by atoms with Gasteiger partial charge in [-0.1, -0.05) is 6.07 Å². The van der Waals surface area contributed by atoms with Crippen LogP contribution in [-0.2, 0) is 6.54 Å². The Morgan fingerprint density at radius 2 is 2.17 bits per heavy atom. The Labute approximate surface area is 136 Å². The lowest BCUT2D eigenvalue weighted by atomic mass is 10.1. The number of aryl methyl sites for hydroxylation is 1. The maximum atomic E-state index is 5.76. The Morgan fingerprint density at radius 1 is 1.26 bits per heavy atom. The van der Waals surface area contributed by atoms with Crippen LogP contribution in [0.5, 0.6) is 0 Å². The van der Waals surface area contributed by atoms with Crippen molar-refractivity contribution in [3.63, 3.8) is 0 Å². The third-order valence-electron chi connectivity index (χ3n) is 4.60. The molecule has 2 aromatic heterocycles. The fourth-order valence-corrected chi connectivity index (χ4v) is 3.13. The lowest BCUT2D eigenvalue weighted by Crippen LogP contribution is -2.23. The molecule has 0 aromatic carbocycles. The molecule has 1 N–H and O–H groups in total. The molecular formula is C17H23N5O. The van der Waals surface area contributed by atoms with Crippen LogP contribution in [-0.4, -0.2) is 39.7 Å². The Kier molecular flexibility index (Phi) is 3.99. The minimum Gasteiger partial charge on any atom is -0.424 e. The van der Waals surface area contributed by atoms with Crippen molar-refractivity contribution in [2.24, 2.45) is 5.92 Å². The largest absolute Gasteiger partial charge is 0.424 e. The first kappa shape index (κ1) is 14.6. The smallest absolute Gasteiger partial charge is 0.230 e. The summed E-state index contributed by atoms with van der Waals surface area (Å²) in [5, 5.41) is 11.8. The van der Waals surface area contributed by atoms with Gasteiger partial charge in [0.05, 0.1) is 6.54 Å². The zero-order chi connectivity index (χ0) is 15.6. The molecule has 1 atom stereocenters. The van der Waals surface area contributed by atoms with Gasteiger partial charge in [-0.15, -0.1) is 10.2 Å². The van der Waals surface area contributed by atoms with Crippen molar-refractivity contribution in [2.75, 3.05) is 25.0 Å². The van der Waals surface area contributed by atoms with E-state index in [-0.39, 0.29) is 0 Å². The summed E-state index contributed by atoms with van der Waals surface area (Å²) >= 11 is 0. The van der Waals surface area contributed by atoms with E-state index in [0.717, 1.165) is 49.5 Å². The number of nitrogens with one attached hydrogen (secondary N) is 1. The number of pyridine rings is 1. The van der Waals surface area contributed by atoms with Crippen LogP contribution in [0.15, 0.2) is 22.6 Å². The summed E-state index contributed by atoms with van der Waals surface area (Å²) in [5.41, 5.74) is 1.05. The van der Waals surface area contributed by atoms with Crippen molar-refractivity contribution in [3.8, 4) is 0 Å². The molecular weight excluding hydrogens is 290 g/mol. The summed E-state index contributed by atoms with van der Waals surface area (Å²) < 4.78 is 5.76. The first-order valence-electron chi connectivity index (χ1n) is 8.48. The van der Waals surface area contributed by atoms with Crippen molar-refractivity contribution < 1.29 is 4.42 Å². The molecule has 1 saturated carbocycles. The lowest BCUT2D eigenvalue weighted by molar-refractivity contribution is 0.278. The van der Waals surface area contributed by atoms with E-state index in [9.17, 15) is 0 Å². The molecule has 6 nitrogen and oxygen atoms in total. The van der Waals surface area contributed by atoms with E-state index in [1.54, 1.807) is 0 Å². The summed E-state index contributed by atoms with van der Waals surface area (Å²) in [6.45, 7) is 5.92. The van der Waals surface area contributed by atoms with Gasteiger partial charge in [0, 0.05) is 24.7 Å². The number of nitrogens with zero attached hydrogens (tertiary/aromatic N) is 4. The Balaban J connectivity index is 1.25. The zero-order valence-electron chi connectivity index (χ0n) is 13.5. The highest BCUT2D eigenvalue weighted by Gasteiger charge is 2.30. The molecule has 3 heterocycles. The highest BCUT2D eigenvalue weighted by molar-refractivity contribution is 5.35. The van der Waals surface area contributed by atoms with Gasteiger partial charge in [0.2, 0.25) is 11.8 Å². The molecule has 0 radical (unpaired) electrons. The van der Waals surface area contributed by atoms with E-state index in [4.69, 9.17) is 4.42 Å². The number of hydrogen-bond donors (Lipinski definition) is 1. The predicted octanol–water partition coefficient (Wildman–Crippen LogP) is 2.58. The second-order valence-corrected chi connectivity index (χ2v) is 6.74. The van der Waals surface area contributed by atoms with Gasteiger partial charge in [0.1, 0.15) is 5.82 Å². The zero-order valence-corrected chi connectivity index (χ0v) is 13.5. The lowest BCUT2D eigenvalue weighted by Gasteiger charge is -2.14. The monoisotopic (exact) mass is 313 g/mol. The maximum absolute atomic E-state index is 5.76. The summed E-state index contributed by atoms with van der Waals surface area (Å²) in [5.74, 6) is 3.75. The number of anilines is 1. The fraction of sp³-hybridized carbons (Fsp3) is 0.588. The van der Waals surface area contributed by atoms with Gasteiger partial charge in [-0.2, -0.15) is 0 Å². The maximum Gasteiger partial charge on any atom is 0.230 e. The van der Waals surface area contributed by atoms with Crippen LogP contribution in [0.2, 0.25) is 0 Å². The molecule has 6 heteroatoms. The molecule has 4 rings (SSSR count). The predicted molar refractivity (Wildman–Crippen MR) is 87.1 cm³/mol. The number of hydrogen-bond acceptors (Lipinski definition) is 6. The minimum atomic E-state index is 0.536. The molecule has 0 amide bonds. The third kappa shape index (κ3) is 3.69. The summed E-state index contributed by atoms with van der Waals surface area (Å²) in [4.78, 5) is 6.89. The molecule has 122 valence electrons. The average Bonchev–Trinajstić information content (AvgIpc) is 3.13. The number of likely N-dealkylation sites (tertiary alicyclic amines) is 1. The van der Waals surface area contributed by atoms with Crippen molar-refractivity contribution in [2.45, 2.75) is 38.6 Å². The van der Waals surface area contributed by atoms with Crippen LogP contribution in [0, 0.1) is 12.8 Å². The van der Waals surface area contributed by atoms with E-state index >= 15 is 0 Å². The Morgan fingerprint density at radius 3 is 3.00 bits per heavy atom. The third-order valence-corrected chi connectivity index (χ3v) is 4.60. The molecule has 2 aliphatic rings. The Bertz CT molecular complexity index is 667. The van der Waals surface area contributed by atoms with Crippen LogP contribution in [0.25, 0.3) is 0 Å². The number of aromatic nitrogens is 3. The molecule has 23 heavy (non-hydrogen) atoms. The van der Waals surface area contributed by atoms with E-state index < -0.39 is 0 Å². The molecule has 2 fully saturated rings. The molecule has 1 aliphatic carbocycles. The van der Waals surface area contributed by atoms with Crippen molar-refractivity contribution >= 4 is 5.82 Å². The van der Waals surface area contributed by atoms with Crippen molar-refractivity contribution in [1.82, 2.24) is 20.1 Å². The van der Waals surface area contributed by atoms with Crippen LogP contribution in [0.4, 0.5) is 5.82 Å². The van der Waals surface area contributed by atoms with E-state index in [2.05, 4.69) is 25.4 Å². The topological polar surface area (TPSA) is 67.1 Å². The van der Waals surface area contributed by atoms with Crippen molar-refractivity contribution in [1.29, 1.82) is 0 Å². The van der Waals surface area contributed by atoms with Gasteiger partial charge in [0.25, 0.3) is 0 Å². The van der Waals surface area contributed by atoms with Gasteiger partial charge in [-0.25, -0.2) is 4.98 Å². The van der Waals surface area contributed by atoms with E-state index in [1.807, 2.05) is 25.1 Å². The summed E-state index contributed by atoms with van der Waals surface area (Å²) in [7, 11) is 0. The minimum absolute atomic E-state index is 0.536. The number of rotatable bonds is 6. The summed E-state index contributed by atoms with van der Waals surface area (Å²) in [6.07, 6.45) is 3.60. The molecule has 1 saturated heterocycles. The first-order chi connectivity index (χ1) is 11.3. The summed E-state index contributed by atoms with van der Waals surface area (Å²) in [6, 6.07) is 6.08. The Hall–Kier alpha value is -1.95. The van der Waals surface area contributed by atoms with E-state index in [0.29, 0.717) is 11.8 Å².